The zero-order valence-corrected chi connectivity index (χ0v) is 13.7. The van der Waals surface area contributed by atoms with Crippen LogP contribution in [-0.4, -0.2) is 34.9 Å². The van der Waals surface area contributed by atoms with Crippen LogP contribution in [0, 0.1) is 0 Å². The van der Waals surface area contributed by atoms with Gasteiger partial charge in [-0.3, -0.25) is 4.68 Å². The molecule has 0 unspecified atom stereocenters. The summed E-state index contributed by atoms with van der Waals surface area (Å²) in [6.45, 7) is 2.42. The average Bonchev–Trinajstić information content (AvgIpc) is 2.96. The lowest BCUT2D eigenvalue weighted by Gasteiger charge is -2.07. The molecule has 0 atom stereocenters. The molecule has 3 N–H and O–H groups in total. The van der Waals surface area contributed by atoms with E-state index in [1.54, 1.807) is 10.9 Å². The first-order chi connectivity index (χ1) is 9.94. The summed E-state index contributed by atoms with van der Waals surface area (Å²) in [5, 5.41) is 7.73. The molecule has 0 bridgehead atoms. The number of sulfone groups is 1. The highest BCUT2D eigenvalue weighted by molar-refractivity contribution is 7.91. The first-order valence-corrected chi connectivity index (χ1v) is 9.06. The molecule has 0 aliphatic rings. The molecule has 9 heteroatoms. The van der Waals surface area contributed by atoms with Gasteiger partial charge in [0.2, 0.25) is 0 Å². The van der Waals surface area contributed by atoms with Gasteiger partial charge < -0.3 is 11.1 Å². The van der Waals surface area contributed by atoms with Crippen molar-refractivity contribution >= 4 is 32.2 Å². The number of hydrogen-bond donors (Lipinski definition) is 2. The first-order valence-electron chi connectivity index (χ1n) is 6.63. The van der Waals surface area contributed by atoms with Crippen molar-refractivity contribution in [1.82, 2.24) is 14.2 Å². The van der Waals surface area contributed by atoms with Gasteiger partial charge in [0, 0.05) is 19.8 Å². The Balaban J connectivity index is 2.07. The van der Waals surface area contributed by atoms with E-state index in [9.17, 15) is 8.42 Å². The van der Waals surface area contributed by atoms with Gasteiger partial charge in [-0.15, -0.1) is 0 Å². The molecule has 21 heavy (non-hydrogen) atoms. The van der Waals surface area contributed by atoms with E-state index in [-0.39, 0.29) is 16.5 Å². The third kappa shape index (κ3) is 3.73. The minimum atomic E-state index is -3.38. The summed E-state index contributed by atoms with van der Waals surface area (Å²) in [7, 11) is -1.52. The fraction of sp³-hybridized carbons (Fsp3) is 0.500. The topological polar surface area (TPSA) is 103 Å². The van der Waals surface area contributed by atoms with Gasteiger partial charge in [-0.25, -0.2) is 8.42 Å². The summed E-state index contributed by atoms with van der Waals surface area (Å²) in [6, 6.07) is 0. The molecule has 2 aromatic heterocycles. The molecule has 0 aromatic carbocycles. The number of nitrogen functional groups attached to an aromatic ring is 1. The van der Waals surface area contributed by atoms with Crippen molar-refractivity contribution in [3.05, 3.63) is 18.0 Å². The third-order valence-electron chi connectivity index (χ3n) is 2.92. The molecule has 7 nitrogen and oxygen atoms in total. The molecular weight excluding hydrogens is 310 g/mol. The minimum Gasteiger partial charge on any atom is -0.382 e. The molecule has 0 saturated carbocycles. The van der Waals surface area contributed by atoms with Crippen LogP contribution in [0.2, 0.25) is 0 Å². The maximum Gasteiger partial charge on any atom is 0.185 e. The van der Waals surface area contributed by atoms with Gasteiger partial charge in [-0.1, -0.05) is 6.92 Å². The molecule has 0 fully saturated rings. The van der Waals surface area contributed by atoms with Gasteiger partial charge >= 0.3 is 0 Å². The largest absolute Gasteiger partial charge is 0.382 e. The number of aryl methyl sites for hydroxylation is 1. The normalized spacial score (nSPS) is 11.7. The SMILES string of the molecule is CCCS(=O)(=O)c1c(N)nsc1NCCc1cnn(C)c1. The van der Waals surface area contributed by atoms with Crippen molar-refractivity contribution in [2.45, 2.75) is 24.7 Å². The maximum atomic E-state index is 12.2. The Morgan fingerprint density at radius 1 is 1.48 bits per heavy atom. The zero-order chi connectivity index (χ0) is 15.5. The standard InChI is InChI=1S/C12H19N5O2S2/c1-3-6-21(18,19)10-11(13)16-20-12(10)14-5-4-9-7-15-17(2)8-9/h7-8,14H,3-6H2,1-2H3,(H2,13,16). The number of nitrogens with two attached hydrogens (primary N) is 1. The van der Waals surface area contributed by atoms with Gasteiger partial charge in [-0.05, 0) is 29.9 Å². The predicted molar refractivity (Wildman–Crippen MR) is 84.3 cm³/mol. The summed E-state index contributed by atoms with van der Waals surface area (Å²) >= 11 is 1.08. The Morgan fingerprint density at radius 2 is 2.24 bits per heavy atom. The molecule has 0 amide bonds. The Hall–Kier alpha value is -1.61. The van der Waals surface area contributed by atoms with E-state index in [2.05, 4.69) is 14.8 Å². The number of hydrogen-bond acceptors (Lipinski definition) is 7. The van der Waals surface area contributed by atoms with Gasteiger partial charge in [0.1, 0.15) is 9.90 Å². The van der Waals surface area contributed by atoms with E-state index >= 15 is 0 Å². The Morgan fingerprint density at radius 3 is 2.86 bits per heavy atom. The van der Waals surface area contributed by atoms with Crippen molar-refractivity contribution in [3.63, 3.8) is 0 Å². The van der Waals surface area contributed by atoms with E-state index in [0.29, 0.717) is 18.0 Å². The summed E-state index contributed by atoms with van der Waals surface area (Å²) in [5.41, 5.74) is 6.79. The summed E-state index contributed by atoms with van der Waals surface area (Å²) in [6.07, 6.45) is 5.01. The molecular formula is C12H19N5O2S2. The lowest BCUT2D eigenvalue weighted by atomic mass is 10.2. The van der Waals surface area contributed by atoms with Gasteiger partial charge in [0.05, 0.1) is 11.9 Å². The Labute approximate surface area is 128 Å². The molecule has 2 aromatic rings. The monoisotopic (exact) mass is 329 g/mol. The van der Waals surface area contributed by atoms with Crippen LogP contribution in [0.15, 0.2) is 17.3 Å². The van der Waals surface area contributed by atoms with Crippen LogP contribution in [0.5, 0.6) is 0 Å². The molecule has 2 heterocycles. The van der Waals surface area contributed by atoms with Gasteiger partial charge in [-0.2, -0.15) is 9.47 Å². The van der Waals surface area contributed by atoms with Crippen LogP contribution in [-0.2, 0) is 23.3 Å². The number of aromatic nitrogens is 3. The predicted octanol–water partition coefficient (Wildman–Crippen LogP) is 1.30. The highest BCUT2D eigenvalue weighted by Gasteiger charge is 2.24. The van der Waals surface area contributed by atoms with Crippen molar-refractivity contribution in [2.24, 2.45) is 7.05 Å². The average molecular weight is 329 g/mol. The minimum absolute atomic E-state index is 0.0763. The van der Waals surface area contributed by atoms with Crippen molar-refractivity contribution < 1.29 is 8.42 Å². The highest BCUT2D eigenvalue weighted by atomic mass is 32.2. The molecule has 116 valence electrons. The number of anilines is 2. The number of nitrogens with one attached hydrogen (secondary N) is 1. The van der Waals surface area contributed by atoms with E-state index in [1.165, 1.54) is 0 Å². The highest BCUT2D eigenvalue weighted by Crippen LogP contribution is 2.32. The second-order valence-electron chi connectivity index (χ2n) is 4.74. The van der Waals surface area contributed by atoms with Crippen LogP contribution in [0.25, 0.3) is 0 Å². The maximum absolute atomic E-state index is 12.2. The third-order valence-corrected chi connectivity index (χ3v) is 5.84. The molecule has 0 aliphatic carbocycles. The van der Waals surface area contributed by atoms with Crippen LogP contribution in [0.3, 0.4) is 0 Å². The summed E-state index contributed by atoms with van der Waals surface area (Å²) in [4.78, 5) is 0.139. The smallest absolute Gasteiger partial charge is 0.185 e. The quantitative estimate of drug-likeness (QED) is 0.793. The fourth-order valence-electron chi connectivity index (χ4n) is 2.00. The first kappa shape index (κ1) is 15.8. The van der Waals surface area contributed by atoms with Crippen LogP contribution >= 0.6 is 11.5 Å². The second kappa shape index (κ2) is 6.44. The van der Waals surface area contributed by atoms with Crippen molar-refractivity contribution in [2.75, 3.05) is 23.3 Å². The fourth-order valence-corrected chi connectivity index (χ4v) is 4.65. The Bertz CT molecular complexity index is 705. The van der Waals surface area contributed by atoms with Crippen LogP contribution in [0.4, 0.5) is 10.8 Å². The van der Waals surface area contributed by atoms with Gasteiger partial charge in [0.15, 0.2) is 15.7 Å². The molecule has 0 spiro atoms. The molecule has 0 aliphatic heterocycles. The zero-order valence-electron chi connectivity index (χ0n) is 12.0. The van der Waals surface area contributed by atoms with Crippen LogP contribution in [0.1, 0.15) is 18.9 Å². The summed E-state index contributed by atoms with van der Waals surface area (Å²) in [5.74, 6) is 0.157. The van der Waals surface area contributed by atoms with E-state index in [0.717, 1.165) is 23.5 Å². The number of rotatable bonds is 7. The molecule has 0 saturated heterocycles. The van der Waals surface area contributed by atoms with Crippen molar-refractivity contribution in [3.8, 4) is 0 Å². The molecule has 2 rings (SSSR count). The van der Waals surface area contributed by atoms with Crippen LogP contribution < -0.4 is 11.1 Å². The lowest BCUT2D eigenvalue weighted by Crippen LogP contribution is -2.11. The lowest BCUT2D eigenvalue weighted by molar-refractivity contribution is 0.595. The van der Waals surface area contributed by atoms with E-state index in [4.69, 9.17) is 5.73 Å². The van der Waals surface area contributed by atoms with Gasteiger partial charge in [0.25, 0.3) is 0 Å². The van der Waals surface area contributed by atoms with E-state index in [1.807, 2.05) is 20.2 Å². The summed E-state index contributed by atoms with van der Waals surface area (Å²) < 4.78 is 30.1. The van der Waals surface area contributed by atoms with E-state index < -0.39 is 9.84 Å². The number of nitrogens with zero attached hydrogens (tertiary/aromatic N) is 3. The second-order valence-corrected chi connectivity index (χ2v) is 7.56. The Kier molecular flexibility index (Phi) is 4.84. The molecule has 0 radical (unpaired) electrons. The van der Waals surface area contributed by atoms with Crippen molar-refractivity contribution in [1.29, 1.82) is 0 Å².